The van der Waals surface area contributed by atoms with Gasteiger partial charge in [-0.2, -0.15) is 0 Å². The van der Waals surface area contributed by atoms with E-state index < -0.39 is 6.10 Å². The van der Waals surface area contributed by atoms with Crippen molar-refractivity contribution in [2.45, 2.75) is 26.9 Å². The number of furan rings is 1. The Labute approximate surface area is 73.2 Å². The van der Waals surface area contributed by atoms with Crippen LogP contribution in [-0.2, 0) is 0 Å². The quantitative estimate of drug-likeness (QED) is 0.752. The van der Waals surface area contributed by atoms with Gasteiger partial charge >= 0.3 is 0 Å². The highest BCUT2D eigenvalue weighted by atomic mass is 16.4. The molecular weight excluding hydrogens is 152 g/mol. The third kappa shape index (κ3) is 1.89. The van der Waals surface area contributed by atoms with Gasteiger partial charge in [-0.25, -0.2) is 0 Å². The number of hydrogen-bond acceptors (Lipinski definition) is 2. The van der Waals surface area contributed by atoms with E-state index in [1.165, 1.54) is 0 Å². The molecule has 0 aromatic carbocycles. The summed E-state index contributed by atoms with van der Waals surface area (Å²) >= 11 is 0. The van der Waals surface area contributed by atoms with Crippen molar-refractivity contribution >= 4 is 0 Å². The van der Waals surface area contributed by atoms with Gasteiger partial charge in [0.15, 0.2) is 0 Å². The SMILES string of the molecule is CC(C)C(C)C(O)c1ccco1. The Balaban J connectivity index is 2.65. The fourth-order valence-corrected chi connectivity index (χ4v) is 1.08. The Kier molecular flexibility index (Phi) is 2.93. The molecule has 0 saturated heterocycles. The minimum atomic E-state index is -0.472. The highest BCUT2D eigenvalue weighted by Crippen LogP contribution is 2.27. The number of hydrogen-bond donors (Lipinski definition) is 1. The summed E-state index contributed by atoms with van der Waals surface area (Å²) in [6, 6.07) is 3.61. The first kappa shape index (κ1) is 9.33. The van der Waals surface area contributed by atoms with Crippen LogP contribution >= 0.6 is 0 Å². The van der Waals surface area contributed by atoms with Crippen molar-refractivity contribution in [1.29, 1.82) is 0 Å². The van der Waals surface area contributed by atoms with Gasteiger partial charge in [0.1, 0.15) is 11.9 Å². The third-order valence-electron chi connectivity index (χ3n) is 2.38. The molecule has 2 unspecified atom stereocenters. The Morgan fingerprint density at radius 2 is 2.00 bits per heavy atom. The topological polar surface area (TPSA) is 33.4 Å². The Morgan fingerprint density at radius 1 is 1.33 bits per heavy atom. The van der Waals surface area contributed by atoms with Gasteiger partial charge in [0, 0.05) is 0 Å². The van der Waals surface area contributed by atoms with Gasteiger partial charge in [0.25, 0.3) is 0 Å². The van der Waals surface area contributed by atoms with Gasteiger partial charge < -0.3 is 9.52 Å². The van der Waals surface area contributed by atoms with Crippen molar-refractivity contribution in [2.24, 2.45) is 11.8 Å². The van der Waals surface area contributed by atoms with Crippen molar-refractivity contribution in [2.75, 3.05) is 0 Å². The number of rotatable bonds is 3. The molecule has 12 heavy (non-hydrogen) atoms. The van der Waals surface area contributed by atoms with Crippen LogP contribution in [0.2, 0.25) is 0 Å². The van der Waals surface area contributed by atoms with Crippen LogP contribution in [-0.4, -0.2) is 5.11 Å². The maximum absolute atomic E-state index is 9.75. The molecule has 1 heterocycles. The molecule has 0 fully saturated rings. The Bertz CT molecular complexity index is 214. The lowest BCUT2D eigenvalue weighted by atomic mass is 9.91. The summed E-state index contributed by atoms with van der Waals surface area (Å²) in [4.78, 5) is 0. The van der Waals surface area contributed by atoms with Crippen LogP contribution in [0.1, 0.15) is 32.6 Å². The monoisotopic (exact) mass is 168 g/mol. The van der Waals surface area contributed by atoms with Crippen LogP contribution < -0.4 is 0 Å². The fraction of sp³-hybridized carbons (Fsp3) is 0.600. The van der Waals surface area contributed by atoms with Gasteiger partial charge in [-0.15, -0.1) is 0 Å². The summed E-state index contributed by atoms with van der Waals surface area (Å²) in [5.41, 5.74) is 0. The van der Waals surface area contributed by atoms with E-state index >= 15 is 0 Å². The molecular formula is C10H16O2. The normalized spacial score (nSPS) is 16.4. The minimum absolute atomic E-state index is 0.233. The molecule has 0 amide bonds. The summed E-state index contributed by atoms with van der Waals surface area (Å²) in [7, 11) is 0. The van der Waals surface area contributed by atoms with Crippen LogP contribution in [0.5, 0.6) is 0 Å². The maximum Gasteiger partial charge on any atom is 0.132 e. The molecule has 1 aromatic rings. The first-order valence-electron chi connectivity index (χ1n) is 4.34. The predicted octanol–water partition coefficient (Wildman–Crippen LogP) is 2.61. The number of aliphatic hydroxyl groups is 1. The zero-order chi connectivity index (χ0) is 9.14. The second-order valence-corrected chi connectivity index (χ2v) is 3.56. The van der Waals surface area contributed by atoms with Crippen LogP contribution in [0.25, 0.3) is 0 Å². The summed E-state index contributed by atoms with van der Waals surface area (Å²) in [6.07, 6.45) is 1.12. The molecule has 0 spiro atoms. The third-order valence-corrected chi connectivity index (χ3v) is 2.38. The molecule has 0 radical (unpaired) electrons. The predicted molar refractivity (Wildman–Crippen MR) is 47.7 cm³/mol. The molecule has 2 atom stereocenters. The van der Waals surface area contributed by atoms with Crippen LogP contribution in [0.15, 0.2) is 22.8 Å². The Hall–Kier alpha value is -0.760. The van der Waals surface area contributed by atoms with Crippen LogP contribution in [0, 0.1) is 11.8 Å². The lowest BCUT2D eigenvalue weighted by molar-refractivity contribution is 0.0715. The van der Waals surface area contributed by atoms with Crippen molar-refractivity contribution in [3.8, 4) is 0 Å². The fourth-order valence-electron chi connectivity index (χ4n) is 1.08. The minimum Gasteiger partial charge on any atom is -0.467 e. The first-order chi connectivity index (χ1) is 5.63. The number of aliphatic hydroxyl groups excluding tert-OH is 1. The molecule has 0 bridgehead atoms. The second kappa shape index (κ2) is 3.76. The van der Waals surface area contributed by atoms with Gasteiger partial charge in [-0.3, -0.25) is 0 Å². The van der Waals surface area contributed by atoms with Gasteiger partial charge in [0.05, 0.1) is 6.26 Å². The summed E-state index contributed by atoms with van der Waals surface area (Å²) in [6.45, 7) is 6.21. The Morgan fingerprint density at radius 3 is 2.42 bits per heavy atom. The molecule has 1 N–H and O–H groups in total. The molecule has 0 saturated carbocycles. The van der Waals surface area contributed by atoms with Crippen molar-refractivity contribution in [3.63, 3.8) is 0 Å². The molecule has 2 heteroatoms. The second-order valence-electron chi connectivity index (χ2n) is 3.56. The van der Waals surface area contributed by atoms with E-state index in [2.05, 4.69) is 13.8 Å². The average molecular weight is 168 g/mol. The van der Waals surface area contributed by atoms with E-state index in [9.17, 15) is 5.11 Å². The largest absolute Gasteiger partial charge is 0.467 e. The zero-order valence-corrected chi connectivity index (χ0v) is 7.82. The van der Waals surface area contributed by atoms with Gasteiger partial charge in [-0.1, -0.05) is 20.8 Å². The molecule has 0 aliphatic carbocycles. The van der Waals surface area contributed by atoms with E-state index in [4.69, 9.17) is 4.42 Å². The van der Waals surface area contributed by atoms with Crippen LogP contribution in [0.4, 0.5) is 0 Å². The smallest absolute Gasteiger partial charge is 0.132 e. The highest BCUT2D eigenvalue weighted by molar-refractivity contribution is 5.02. The van der Waals surface area contributed by atoms with Crippen molar-refractivity contribution in [3.05, 3.63) is 24.2 Å². The van der Waals surface area contributed by atoms with E-state index in [-0.39, 0.29) is 5.92 Å². The van der Waals surface area contributed by atoms with E-state index in [0.29, 0.717) is 11.7 Å². The van der Waals surface area contributed by atoms with Gasteiger partial charge in [-0.05, 0) is 24.0 Å². The standard InChI is InChI=1S/C10H16O2/c1-7(2)8(3)10(11)9-5-4-6-12-9/h4-8,10-11H,1-3H3. The average Bonchev–Trinajstić information content (AvgIpc) is 2.53. The van der Waals surface area contributed by atoms with E-state index in [1.807, 2.05) is 13.0 Å². The highest BCUT2D eigenvalue weighted by Gasteiger charge is 2.21. The van der Waals surface area contributed by atoms with E-state index in [0.717, 1.165) is 0 Å². The van der Waals surface area contributed by atoms with Crippen molar-refractivity contribution in [1.82, 2.24) is 0 Å². The maximum atomic E-state index is 9.75. The molecule has 2 nitrogen and oxygen atoms in total. The lowest BCUT2D eigenvalue weighted by Gasteiger charge is -2.20. The summed E-state index contributed by atoms with van der Waals surface area (Å²) in [5.74, 6) is 1.36. The summed E-state index contributed by atoms with van der Waals surface area (Å²) < 4.78 is 5.12. The first-order valence-corrected chi connectivity index (χ1v) is 4.34. The van der Waals surface area contributed by atoms with E-state index in [1.54, 1.807) is 12.3 Å². The molecule has 68 valence electrons. The lowest BCUT2D eigenvalue weighted by Crippen LogP contribution is -2.14. The molecule has 0 aliphatic heterocycles. The molecule has 0 aliphatic rings. The van der Waals surface area contributed by atoms with Crippen LogP contribution in [0.3, 0.4) is 0 Å². The van der Waals surface area contributed by atoms with Crippen molar-refractivity contribution < 1.29 is 9.52 Å². The zero-order valence-electron chi connectivity index (χ0n) is 7.82. The molecule has 1 rings (SSSR count). The van der Waals surface area contributed by atoms with Gasteiger partial charge in [0.2, 0.25) is 0 Å². The molecule has 1 aromatic heterocycles. The summed E-state index contributed by atoms with van der Waals surface area (Å²) in [5, 5.41) is 9.75.